The fourth-order valence-electron chi connectivity index (χ4n) is 1.95. The summed E-state index contributed by atoms with van der Waals surface area (Å²) in [5.41, 5.74) is -1.21. The number of hydrogen-bond donors (Lipinski definition) is 1. The maximum atomic E-state index is 11.6. The van der Waals surface area contributed by atoms with Gasteiger partial charge in [0.2, 0.25) is 0 Å². The van der Waals surface area contributed by atoms with Gasteiger partial charge in [0.25, 0.3) is 0 Å². The molecular weight excluding hydrogens is 204 g/mol. The van der Waals surface area contributed by atoms with Crippen LogP contribution >= 0.6 is 0 Å². The number of ether oxygens (including phenoxy) is 1. The molecule has 0 heterocycles. The van der Waals surface area contributed by atoms with Gasteiger partial charge in [0.05, 0.1) is 0 Å². The van der Waals surface area contributed by atoms with E-state index in [2.05, 4.69) is 6.92 Å². The van der Waals surface area contributed by atoms with Crippen LogP contribution in [0.3, 0.4) is 0 Å². The molecule has 0 aromatic heterocycles. The Labute approximate surface area is 97.5 Å². The third-order valence-corrected chi connectivity index (χ3v) is 2.99. The zero-order valence-corrected chi connectivity index (χ0v) is 10.1. The molecule has 0 aromatic carbocycles. The molecule has 0 saturated heterocycles. The van der Waals surface area contributed by atoms with Crippen molar-refractivity contribution < 1.29 is 14.6 Å². The first kappa shape index (κ1) is 13.2. The number of unbranched alkanes of at least 4 members (excludes halogenated alkanes) is 1. The minimum Gasteiger partial charge on any atom is -0.459 e. The van der Waals surface area contributed by atoms with E-state index in [4.69, 9.17) is 4.74 Å². The molecule has 92 valence electrons. The SMILES string of the molecule is CCC/C=C/COC(=O)C1(O)CCCCC1. The third kappa shape index (κ3) is 3.97. The number of carbonyl (C=O) groups excluding carboxylic acids is 1. The number of esters is 1. The Hall–Kier alpha value is -0.830. The second kappa shape index (κ2) is 6.69. The Morgan fingerprint density at radius 2 is 2.00 bits per heavy atom. The summed E-state index contributed by atoms with van der Waals surface area (Å²) in [6.07, 6.45) is 9.96. The second-order valence-electron chi connectivity index (χ2n) is 4.45. The molecule has 1 aliphatic carbocycles. The van der Waals surface area contributed by atoms with Crippen molar-refractivity contribution in [1.82, 2.24) is 0 Å². The molecule has 1 rings (SSSR count). The lowest BCUT2D eigenvalue weighted by atomic mass is 9.85. The normalized spacial score (nSPS) is 19.9. The molecule has 0 spiro atoms. The third-order valence-electron chi connectivity index (χ3n) is 2.99. The van der Waals surface area contributed by atoms with Crippen LogP contribution in [0.2, 0.25) is 0 Å². The van der Waals surface area contributed by atoms with E-state index in [1.165, 1.54) is 0 Å². The molecule has 0 atom stereocenters. The average molecular weight is 226 g/mol. The van der Waals surface area contributed by atoms with Gasteiger partial charge in [0, 0.05) is 0 Å². The van der Waals surface area contributed by atoms with Crippen molar-refractivity contribution >= 4 is 5.97 Å². The highest BCUT2D eigenvalue weighted by Crippen LogP contribution is 2.28. The van der Waals surface area contributed by atoms with Gasteiger partial charge in [-0.05, 0) is 32.1 Å². The van der Waals surface area contributed by atoms with Crippen molar-refractivity contribution in [2.75, 3.05) is 6.61 Å². The maximum absolute atomic E-state index is 11.6. The molecule has 3 heteroatoms. The van der Waals surface area contributed by atoms with Crippen LogP contribution in [0.1, 0.15) is 51.9 Å². The van der Waals surface area contributed by atoms with Gasteiger partial charge in [-0.25, -0.2) is 4.79 Å². The molecule has 1 N–H and O–H groups in total. The molecular formula is C13H22O3. The van der Waals surface area contributed by atoms with E-state index >= 15 is 0 Å². The Morgan fingerprint density at radius 3 is 2.62 bits per heavy atom. The van der Waals surface area contributed by atoms with Crippen molar-refractivity contribution in [1.29, 1.82) is 0 Å². The first-order valence-electron chi connectivity index (χ1n) is 6.23. The Bertz CT molecular complexity index is 240. The van der Waals surface area contributed by atoms with E-state index in [0.717, 1.165) is 32.1 Å². The summed E-state index contributed by atoms with van der Waals surface area (Å²) in [5, 5.41) is 10.0. The quantitative estimate of drug-likeness (QED) is 0.579. The smallest absolute Gasteiger partial charge is 0.338 e. The molecule has 0 radical (unpaired) electrons. The number of carbonyl (C=O) groups is 1. The van der Waals surface area contributed by atoms with Crippen LogP contribution in [0.15, 0.2) is 12.2 Å². The number of allylic oxidation sites excluding steroid dienone is 1. The van der Waals surface area contributed by atoms with Gasteiger partial charge < -0.3 is 9.84 Å². The standard InChI is InChI=1S/C13H22O3/c1-2-3-4-8-11-16-12(14)13(15)9-6-5-7-10-13/h4,8,15H,2-3,5-7,9-11H2,1H3/b8-4+. The van der Waals surface area contributed by atoms with Gasteiger partial charge in [-0.15, -0.1) is 0 Å². The lowest BCUT2D eigenvalue weighted by Gasteiger charge is -2.29. The Morgan fingerprint density at radius 1 is 1.31 bits per heavy atom. The Balaban J connectivity index is 2.28. The zero-order valence-electron chi connectivity index (χ0n) is 10.1. The van der Waals surface area contributed by atoms with E-state index in [-0.39, 0.29) is 6.61 Å². The molecule has 0 unspecified atom stereocenters. The van der Waals surface area contributed by atoms with E-state index in [0.29, 0.717) is 12.8 Å². The summed E-state index contributed by atoms with van der Waals surface area (Å²) in [6, 6.07) is 0. The summed E-state index contributed by atoms with van der Waals surface area (Å²) >= 11 is 0. The van der Waals surface area contributed by atoms with Crippen molar-refractivity contribution in [2.24, 2.45) is 0 Å². The highest BCUT2D eigenvalue weighted by atomic mass is 16.5. The van der Waals surface area contributed by atoms with Crippen LogP contribution in [0.25, 0.3) is 0 Å². The highest BCUT2D eigenvalue weighted by molar-refractivity contribution is 5.79. The fraction of sp³-hybridized carbons (Fsp3) is 0.769. The summed E-state index contributed by atoms with van der Waals surface area (Å²) in [4.78, 5) is 11.6. The van der Waals surface area contributed by atoms with Crippen LogP contribution in [-0.4, -0.2) is 23.3 Å². The molecule has 3 nitrogen and oxygen atoms in total. The lowest BCUT2D eigenvalue weighted by molar-refractivity contribution is -0.167. The number of aliphatic hydroxyl groups is 1. The predicted octanol–water partition coefficient (Wildman–Crippen LogP) is 2.58. The molecule has 1 saturated carbocycles. The summed E-state index contributed by atoms with van der Waals surface area (Å²) < 4.78 is 5.06. The average Bonchev–Trinajstić information content (AvgIpc) is 2.29. The van der Waals surface area contributed by atoms with Gasteiger partial charge in [-0.3, -0.25) is 0 Å². The predicted molar refractivity (Wildman–Crippen MR) is 63.0 cm³/mol. The fourth-order valence-corrected chi connectivity index (χ4v) is 1.95. The minimum atomic E-state index is -1.21. The molecule has 1 aliphatic rings. The molecule has 16 heavy (non-hydrogen) atoms. The van der Waals surface area contributed by atoms with Crippen LogP contribution in [0.5, 0.6) is 0 Å². The first-order valence-corrected chi connectivity index (χ1v) is 6.23. The lowest BCUT2D eigenvalue weighted by Crippen LogP contribution is -2.41. The van der Waals surface area contributed by atoms with Crippen molar-refractivity contribution in [3.63, 3.8) is 0 Å². The topological polar surface area (TPSA) is 46.5 Å². The monoisotopic (exact) mass is 226 g/mol. The van der Waals surface area contributed by atoms with Gasteiger partial charge >= 0.3 is 5.97 Å². The zero-order chi connectivity index (χ0) is 11.9. The van der Waals surface area contributed by atoms with Crippen molar-refractivity contribution in [3.8, 4) is 0 Å². The molecule has 0 aromatic rings. The van der Waals surface area contributed by atoms with E-state index < -0.39 is 11.6 Å². The van der Waals surface area contributed by atoms with Crippen molar-refractivity contribution in [3.05, 3.63) is 12.2 Å². The molecule has 0 aliphatic heterocycles. The molecule has 0 bridgehead atoms. The van der Waals surface area contributed by atoms with Crippen molar-refractivity contribution in [2.45, 2.75) is 57.5 Å². The van der Waals surface area contributed by atoms with Crippen LogP contribution in [0, 0.1) is 0 Å². The van der Waals surface area contributed by atoms with E-state index in [1.807, 2.05) is 12.2 Å². The summed E-state index contributed by atoms with van der Waals surface area (Å²) in [7, 11) is 0. The number of rotatable bonds is 5. The summed E-state index contributed by atoms with van der Waals surface area (Å²) in [5.74, 6) is -0.451. The first-order chi connectivity index (χ1) is 7.69. The number of hydrogen-bond acceptors (Lipinski definition) is 3. The van der Waals surface area contributed by atoms with E-state index in [1.54, 1.807) is 0 Å². The minimum absolute atomic E-state index is 0.279. The van der Waals surface area contributed by atoms with Crippen LogP contribution in [0.4, 0.5) is 0 Å². The molecule has 1 fully saturated rings. The second-order valence-corrected chi connectivity index (χ2v) is 4.45. The highest BCUT2D eigenvalue weighted by Gasteiger charge is 2.38. The van der Waals surface area contributed by atoms with Gasteiger partial charge in [0.15, 0.2) is 5.60 Å². The van der Waals surface area contributed by atoms with Gasteiger partial charge in [0.1, 0.15) is 6.61 Å². The van der Waals surface area contributed by atoms with E-state index in [9.17, 15) is 9.90 Å². The van der Waals surface area contributed by atoms with Gasteiger partial charge in [-0.2, -0.15) is 0 Å². The maximum Gasteiger partial charge on any atom is 0.338 e. The Kier molecular flexibility index (Phi) is 5.53. The largest absolute Gasteiger partial charge is 0.459 e. The summed E-state index contributed by atoms with van der Waals surface area (Å²) in [6.45, 7) is 2.38. The molecule has 0 amide bonds. The van der Waals surface area contributed by atoms with Crippen LogP contribution in [-0.2, 0) is 9.53 Å². The van der Waals surface area contributed by atoms with Gasteiger partial charge in [-0.1, -0.05) is 31.9 Å². The van der Waals surface area contributed by atoms with Crippen LogP contribution < -0.4 is 0 Å².